The minimum Gasteiger partial charge on any atom is -0.493 e. The maximum absolute atomic E-state index is 12.9. The molecular formula is C29H27F3N2O4. The Kier molecular flexibility index (Phi) is 7.15. The van der Waals surface area contributed by atoms with Gasteiger partial charge in [0.1, 0.15) is 5.78 Å². The molecule has 0 aliphatic heterocycles. The average molecular weight is 525 g/mol. The number of methoxy groups -OCH3 is 1. The largest absolute Gasteiger partial charge is 0.493 e. The van der Waals surface area contributed by atoms with Crippen molar-refractivity contribution in [1.82, 2.24) is 10.1 Å². The first-order valence-corrected chi connectivity index (χ1v) is 12.7. The molecule has 2 saturated carbocycles. The van der Waals surface area contributed by atoms with Crippen molar-refractivity contribution in [2.75, 3.05) is 7.11 Å². The van der Waals surface area contributed by atoms with Crippen molar-refractivity contribution in [3.63, 3.8) is 0 Å². The summed E-state index contributed by atoms with van der Waals surface area (Å²) in [7, 11) is 1.60. The van der Waals surface area contributed by atoms with Gasteiger partial charge in [-0.3, -0.25) is 4.79 Å². The molecule has 0 spiro atoms. The van der Waals surface area contributed by atoms with Gasteiger partial charge in [0.05, 0.1) is 18.6 Å². The number of ether oxygens (including phenoxy) is 2. The number of carbonyl (C=O) groups excluding carboxylic acids is 1. The molecule has 0 amide bonds. The molecular weight excluding hydrogens is 497 g/mol. The van der Waals surface area contributed by atoms with Crippen LogP contribution >= 0.6 is 0 Å². The summed E-state index contributed by atoms with van der Waals surface area (Å²) < 4.78 is 55.3. The monoisotopic (exact) mass is 524 g/mol. The van der Waals surface area contributed by atoms with Crippen LogP contribution in [0.4, 0.5) is 13.2 Å². The number of alkyl halides is 3. The third-order valence-corrected chi connectivity index (χ3v) is 7.11. The summed E-state index contributed by atoms with van der Waals surface area (Å²) >= 11 is 0. The molecule has 1 unspecified atom stereocenters. The van der Waals surface area contributed by atoms with Crippen molar-refractivity contribution < 1.29 is 32.0 Å². The van der Waals surface area contributed by atoms with E-state index in [0.717, 1.165) is 31.2 Å². The average Bonchev–Trinajstić information content (AvgIpc) is 3.60. The van der Waals surface area contributed by atoms with Crippen molar-refractivity contribution in [1.29, 1.82) is 0 Å². The summed E-state index contributed by atoms with van der Waals surface area (Å²) in [5.74, 6) is 6.35. The first-order valence-electron chi connectivity index (χ1n) is 12.7. The summed E-state index contributed by atoms with van der Waals surface area (Å²) in [6.45, 7) is 0. The molecule has 198 valence electrons. The normalized spacial score (nSPS) is 20.2. The second-order valence-electron chi connectivity index (χ2n) is 9.79. The van der Waals surface area contributed by atoms with Crippen LogP contribution in [0.2, 0.25) is 0 Å². The maximum atomic E-state index is 12.9. The van der Waals surface area contributed by atoms with Crippen LogP contribution in [-0.4, -0.2) is 29.1 Å². The highest BCUT2D eigenvalue weighted by Gasteiger charge is 2.38. The van der Waals surface area contributed by atoms with Gasteiger partial charge >= 0.3 is 6.18 Å². The van der Waals surface area contributed by atoms with Crippen LogP contribution < -0.4 is 9.47 Å². The zero-order valence-electron chi connectivity index (χ0n) is 20.9. The number of aromatic nitrogens is 2. The Morgan fingerprint density at radius 2 is 1.89 bits per heavy atom. The van der Waals surface area contributed by atoms with E-state index in [0.29, 0.717) is 41.9 Å². The predicted molar refractivity (Wildman–Crippen MR) is 133 cm³/mol. The number of benzene rings is 2. The van der Waals surface area contributed by atoms with Crippen molar-refractivity contribution >= 4 is 5.78 Å². The highest BCUT2D eigenvalue weighted by molar-refractivity contribution is 5.82. The molecule has 1 heterocycles. The third-order valence-electron chi connectivity index (χ3n) is 7.11. The quantitative estimate of drug-likeness (QED) is 0.354. The van der Waals surface area contributed by atoms with Crippen molar-refractivity contribution in [2.45, 2.75) is 69.1 Å². The Bertz CT molecular complexity index is 1380. The van der Waals surface area contributed by atoms with E-state index in [2.05, 4.69) is 22.0 Å². The lowest BCUT2D eigenvalue weighted by molar-refractivity contribution is -0.146. The van der Waals surface area contributed by atoms with E-state index < -0.39 is 17.4 Å². The second-order valence-corrected chi connectivity index (χ2v) is 9.79. The summed E-state index contributed by atoms with van der Waals surface area (Å²) in [4.78, 5) is 16.1. The smallest absolute Gasteiger partial charge is 0.455 e. The molecule has 2 fully saturated rings. The van der Waals surface area contributed by atoms with Crippen molar-refractivity contribution in [2.24, 2.45) is 0 Å². The molecule has 1 aromatic heterocycles. The summed E-state index contributed by atoms with van der Waals surface area (Å²) in [6, 6.07) is 12.3. The van der Waals surface area contributed by atoms with Crippen LogP contribution in [0.1, 0.15) is 68.3 Å². The standard InChI is InChI=1S/C29H27F3N2O4/c1-36-24-12-11-21(17-25(24)37-23-9-2-3-10-23)28(14-5-8-22(35)18-28)15-13-19-6-4-7-20(16-19)26-33-27(34-38-26)29(30,31)32/h4,6-7,11-12,16-17,23H,2-3,5,8-10,14,18H2,1H3. The van der Waals surface area contributed by atoms with E-state index in [9.17, 15) is 18.0 Å². The fourth-order valence-corrected chi connectivity index (χ4v) is 5.16. The Morgan fingerprint density at radius 1 is 1.08 bits per heavy atom. The summed E-state index contributed by atoms with van der Waals surface area (Å²) in [5, 5.41) is 3.02. The fraction of sp³-hybridized carbons (Fsp3) is 0.414. The minimum absolute atomic E-state index is 0.138. The lowest BCUT2D eigenvalue weighted by atomic mass is 9.69. The number of halogens is 3. The Morgan fingerprint density at radius 3 is 2.61 bits per heavy atom. The Balaban J connectivity index is 1.49. The van der Waals surface area contributed by atoms with Gasteiger partial charge in [-0.1, -0.05) is 29.1 Å². The topological polar surface area (TPSA) is 74.5 Å². The molecule has 1 atom stereocenters. The molecule has 3 aromatic rings. The van der Waals surface area contributed by atoms with Gasteiger partial charge in [-0.05, 0) is 74.4 Å². The molecule has 0 bridgehead atoms. The van der Waals surface area contributed by atoms with Gasteiger partial charge in [-0.2, -0.15) is 18.2 Å². The first kappa shape index (κ1) is 25.8. The highest BCUT2D eigenvalue weighted by Crippen LogP contribution is 2.42. The fourth-order valence-electron chi connectivity index (χ4n) is 5.16. The number of nitrogens with zero attached hydrogens (tertiary/aromatic N) is 2. The molecule has 9 heteroatoms. The second kappa shape index (κ2) is 10.5. The predicted octanol–water partition coefficient (Wildman–Crippen LogP) is 6.52. The SMILES string of the molecule is COc1ccc(C2(C#Cc3cccc(-c4nc(C(F)(F)F)no4)c3)CCCC(=O)C2)cc1OC1CCCC1. The molecule has 5 rings (SSSR count). The van der Waals surface area contributed by atoms with E-state index in [-0.39, 0.29) is 24.2 Å². The van der Waals surface area contributed by atoms with E-state index in [1.807, 2.05) is 18.2 Å². The molecule has 6 nitrogen and oxygen atoms in total. The summed E-state index contributed by atoms with van der Waals surface area (Å²) in [5.41, 5.74) is 1.04. The Labute approximate surface area is 218 Å². The zero-order valence-corrected chi connectivity index (χ0v) is 20.9. The first-order chi connectivity index (χ1) is 18.3. The highest BCUT2D eigenvalue weighted by atomic mass is 19.4. The molecule has 0 N–H and O–H groups in total. The van der Waals surface area contributed by atoms with Gasteiger partial charge in [-0.25, -0.2) is 0 Å². The number of Topliss-reactive ketones (excluding diaryl/α,β-unsaturated/α-hetero) is 1. The van der Waals surface area contributed by atoms with E-state index in [1.165, 1.54) is 0 Å². The van der Waals surface area contributed by atoms with Crippen LogP contribution in [0.3, 0.4) is 0 Å². The molecule has 0 saturated heterocycles. The van der Waals surface area contributed by atoms with Crippen molar-refractivity contribution in [3.8, 4) is 34.8 Å². The van der Waals surface area contributed by atoms with Gasteiger partial charge in [0.2, 0.25) is 0 Å². The van der Waals surface area contributed by atoms with Crippen LogP contribution in [0.5, 0.6) is 11.5 Å². The lowest BCUT2D eigenvalue weighted by Gasteiger charge is -2.33. The van der Waals surface area contributed by atoms with Gasteiger partial charge in [0.25, 0.3) is 11.7 Å². The third kappa shape index (κ3) is 5.54. The van der Waals surface area contributed by atoms with Crippen LogP contribution in [-0.2, 0) is 16.4 Å². The van der Waals surface area contributed by atoms with E-state index in [4.69, 9.17) is 14.0 Å². The van der Waals surface area contributed by atoms with Crippen molar-refractivity contribution in [3.05, 3.63) is 59.4 Å². The molecule has 2 aliphatic rings. The molecule has 2 aromatic carbocycles. The number of rotatable bonds is 5. The lowest BCUT2D eigenvalue weighted by Crippen LogP contribution is -2.32. The number of hydrogen-bond acceptors (Lipinski definition) is 6. The summed E-state index contributed by atoms with van der Waals surface area (Å²) in [6.07, 6.45) is 1.90. The number of carbonyl (C=O) groups is 1. The van der Waals surface area contributed by atoms with Crippen LogP contribution in [0.15, 0.2) is 47.0 Å². The van der Waals surface area contributed by atoms with Gasteiger partial charge in [0.15, 0.2) is 11.5 Å². The molecule has 2 aliphatic carbocycles. The van der Waals surface area contributed by atoms with E-state index in [1.54, 1.807) is 31.4 Å². The van der Waals surface area contributed by atoms with Crippen LogP contribution in [0, 0.1) is 11.8 Å². The zero-order chi connectivity index (χ0) is 26.8. The van der Waals surface area contributed by atoms with E-state index >= 15 is 0 Å². The van der Waals surface area contributed by atoms with Crippen LogP contribution in [0.25, 0.3) is 11.5 Å². The van der Waals surface area contributed by atoms with Gasteiger partial charge < -0.3 is 14.0 Å². The minimum atomic E-state index is -4.70. The number of hydrogen-bond donors (Lipinski definition) is 0. The number of ketones is 1. The maximum Gasteiger partial charge on any atom is 0.455 e. The molecule has 0 radical (unpaired) electrons. The van der Waals surface area contributed by atoms with Gasteiger partial charge in [-0.15, -0.1) is 0 Å². The van der Waals surface area contributed by atoms with Gasteiger partial charge in [0, 0.05) is 24.0 Å². The Hall–Kier alpha value is -3.80. The molecule has 38 heavy (non-hydrogen) atoms.